The van der Waals surface area contributed by atoms with Crippen molar-refractivity contribution < 1.29 is 22.7 Å². The highest BCUT2D eigenvalue weighted by Crippen LogP contribution is 2.31. The minimum Gasteiger partial charge on any atom is -0.469 e. The number of esters is 1. The number of methoxy groups -OCH3 is 1. The van der Waals surface area contributed by atoms with Gasteiger partial charge in [0, 0.05) is 18.7 Å². The second-order valence-electron chi connectivity index (χ2n) is 5.34. The van der Waals surface area contributed by atoms with Crippen molar-refractivity contribution in [3.05, 3.63) is 28.8 Å². The Kier molecular flexibility index (Phi) is 6.06. The predicted octanol–water partition coefficient (Wildman–Crippen LogP) is 1.56. The van der Waals surface area contributed by atoms with E-state index >= 15 is 0 Å². The van der Waals surface area contributed by atoms with Crippen molar-refractivity contribution in [3.63, 3.8) is 0 Å². The summed E-state index contributed by atoms with van der Waals surface area (Å²) in [4.78, 5) is 23.2. The van der Waals surface area contributed by atoms with E-state index < -0.39 is 21.9 Å². The minimum atomic E-state index is -3.42. The number of nitrogens with zero attached hydrogens (tertiary/aromatic N) is 1. The SMILES string of the molecule is COC(=O)CCNC(=O)c1ccc(Cl)c(N2CCCCS2(=O)=O)c1. The maximum atomic E-state index is 12.2. The first-order valence-electron chi connectivity index (χ1n) is 7.50. The summed E-state index contributed by atoms with van der Waals surface area (Å²) in [6.45, 7) is 0.473. The van der Waals surface area contributed by atoms with Gasteiger partial charge in [-0.2, -0.15) is 0 Å². The minimum absolute atomic E-state index is 0.0587. The molecule has 0 saturated carbocycles. The second-order valence-corrected chi connectivity index (χ2v) is 7.76. The largest absolute Gasteiger partial charge is 0.469 e. The second kappa shape index (κ2) is 7.85. The number of carbonyl (C=O) groups is 2. The quantitative estimate of drug-likeness (QED) is 0.789. The van der Waals surface area contributed by atoms with E-state index in [-0.39, 0.29) is 29.3 Å². The molecule has 2 rings (SSSR count). The van der Waals surface area contributed by atoms with Gasteiger partial charge in [-0.05, 0) is 31.0 Å². The lowest BCUT2D eigenvalue weighted by atomic mass is 10.1. The molecule has 0 spiro atoms. The summed E-state index contributed by atoms with van der Waals surface area (Å²) in [5, 5.41) is 2.85. The van der Waals surface area contributed by atoms with Crippen LogP contribution in [0.1, 0.15) is 29.6 Å². The van der Waals surface area contributed by atoms with Gasteiger partial charge in [0.15, 0.2) is 0 Å². The van der Waals surface area contributed by atoms with Crippen LogP contribution in [0.3, 0.4) is 0 Å². The monoisotopic (exact) mass is 374 g/mol. The molecule has 1 fully saturated rings. The fourth-order valence-electron chi connectivity index (χ4n) is 2.39. The lowest BCUT2D eigenvalue weighted by Gasteiger charge is -2.29. The maximum Gasteiger partial charge on any atom is 0.307 e. The fourth-order valence-corrected chi connectivity index (χ4v) is 4.30. The number of benzene rings is 1. The highest BCUT2D eigenvalue weighted by atomic mass is 35.5. The molecule has 1 aromatic carbocycles. The number of rotatable bonds is 5. The molecule has 132 valence electrons. The molecule has 7 nitrogen and oxygen atoms in total. The molecule has 0 bridgehead atoms. The van der Waals surface area contributed by atoms with Crippen LogP contribution in [0.5, 0.6) is 0 Å². The van der Waals surface area contributed by atoms with Crippen molar-refractivity contribution in [2.45, 2.75) is 19.3 Å². The zero-order valence-electron chi connectivity index (χ0n) is 13.2. The molecule has 1 amide bonds. The summed E-state index contributed by atoms with van der Waals surface area (Å²) < 4.78 is 30.2. The number of nitrogens with one attached hydrogen (secondary N) is 1. The Morgan fingerprint density at radius 1 is 1.33 bits per heavy atom. The van der Waals surface area contributed by atoms with Crippen molar-refractivity contribution in [1.29, 1.82) is 0 Å². The van der Waals surface area contributed by atoms with E-state index in [4.69, 9.17) is 11.6 Å². The van der Waals surface area contributed by atoms with Crippen LogP contribution in [-0.4, -0.2) is 46.2 Å². The Morgan fingerprint density at radius 2 is 2.08 bits per heavy atom. The molecule has 0 aromatic heterocycles. The number of hydrogen-bond donors (Lipinski definition) is 1. The summed E-state index contributed by atoms with van der Waals surface area (Å²) in [6, 6.07) is 4.46. The van der Waals surface area contributed by atoms with Gasteiger partial charge in [-0.1, -0.05) is 11.6 Å². The predicted molar refractivity (Wildman–Crippen MR) is 90.8 cm³/mol. The van der Waals surface area contributed by atoms with Gasteiger partial charge in [0.25, 0.3) is 5.91 Å². The average molecular weight is 375 g/mol. The maximum absolute atomic E-state index is 12.2. The molecule has 0 aliphatic carbocycles. The van der Waals surface area contributed by atoms with Crippen LogP contribution in [0.2, 0.25) is 5.02 Å². The van der Waals surface area contributed by atoms with Crippen molar-refractivity contribution >= 4 is 39.2 Å². The van der Waals surface area contributed by atoms with Gasteiger partial charge in [-0.25, -0.2) is 8.42 Å². The number of carbonyl (C=O) groups excluding carboxylic acids is 2. The summed E-state index contributed by atoms with van der Waals surface area (Å²) in [7, 11) is -2.14. The number of amides is 1. The van der Waals surface area contributed by atoms with E-state index in [1.54, 1.807) is 0 Å². The summed E-state index contributed by atoms with van der Waals surface area (Å²) >= 11 is 6.13. The van der Waals surface area contributed by atoms with Crippen LogP contribution in [0, 0.1) is 0 Å². The molecule has 24 heavy (non-hydrogen) atoms. The number of sulfonamides is 1. The summed E-state index contributed by atoms with van der Waals surface area (Å²) in [5.74, 6) is -0.767. The molecular formula is C15H19ClN2O5S. The normalized spacial score (nSPS) is 16.5. The number of halogens is 1. The molecule has 0 unspecified atom stereocenters. The van der Waals surface area contributed by atoms with Crippen LogP contribution in [0.15, 0.2) is 18.2 Å². The lowest BCUT2D eigenvalue weighted by Crippen LogP contribution is -2.38. The van der Waals surface area contributed by atoms with E-state index in [0.717, 1.165) is 6.42 Å². The van der Waals surface area contributed by atoms with E-state index in [1.807, 2.05) is 0 Å². The molecule has 0 atom stereocenters. The molecule has 1 heterocycles. The zero-order chi connectivity index (χ0) is 17.7. The first-order chi connectivity index (χ1) is 11.3. The molecule has 1 N–H and O–H groups in total. The Balaban J connectivity index is 2.16. The Bertz CT molecular complexity index is 735. The number of hydrogen-bond acceptors (Lipinski definition) is 5. The average Bonchev–Trinajstić information content (AvgIpc) is 2.55. The van der Waals surface area contributed by atoms with Crippen LogP contribution < -0.4 is 9.62 Å². The molecular weight excluding hydrogens is 356 g/mol. The van der Waals surface area contributed by atoms with Crippen LogP contribution >= 0.6 is 11.6 Å². The van der Waals surface area contributed by atoms with Crippen LogP contribution in [0.25, 0.3) is 0 Å². The van der Waals surface area contributed by atoms with E-state index in [0.29, 0.717) is 18.7 Å². The standard InChI is InChI=1S/C15H19ClN2O5S/c1-23-14(19)6-7-17-15(20)11-4-5-12(16)13(10-11)18-8-2-3-9-24(18,21)22/h4-5,10H,2-3,6-9H2,1H3,(H,17,20). The third-order valence-corrected chi connectivity index (χ3v) is 5.84. The Morgan fingerprint density at radius 3 is 2.75 bits per heavy atom. The van der Waals surface area contributed by atoms with Gasteiger partial charge >= 0.3 is 5.97 Å². The molecule has 1 saturated heterocycles. The molecule has 0 radical (unpaired) electrons. The van der Waals surface area contributed by atoms with Gasteiger partial charge in [0.1, 0.15) is 0 Å². The third kappa shape index (κ3) is 4.39. The topological polar surface area (TPSA) is 92.8 Å². The van der Waals surface area contributed by atoms with E-state index in [9.17, 15) is 18.0 Å². The van der Waals surface area contributed by atoms with E-state index in [1.165, 1.54) is 29.6 Å². The van der Waals surface area contributed by atoms with Gasteiger partial charge < -0.3 is 10.1 Å². The van der Waals surface area contributed by atoms with Crippen molar-refractivity contribution in [2.24, 2.45) is 0 Å². The molecule has 1 aliphatic heterocycles. The summed E-state index contributed by atoms with van der Waals surface area (Å²) in [5.41, 5.74) is 0.581. The Labute approximate surface area is 146 Å². The first-order valence-corrected chi connectivity index (χ1v) is 9.49. The molecule has 9 heteroatoms. The molecule has 1 aromatic rings. The lowest BCUT2D eigenvalue weighted by molar-refractivity contribution is -0.140. The van der Waals surface area contributed by atoms with Gasteiger partial charge in [0.05, 0.1) is 30.0 Å². The molecule has 1 aliphatic rings. The smallest absolute Gasteiger partial charge is 0.307 e. The van der Waals surface area contributed by atoms with Crippen molar-refractivity contribution in [1.82, 2.24) is 5.32 Å². The highest BCUT2D eigenvalue weighted by Gasteiger charge is 2.28. The highest BCUT2D eigenvalue weighted by molar-refractivity contribution is 7.92. The number of anilines is 1. The van der Waals surface area contributed by atoms with Crippen molar-refractivity contribution in [2.75, 3.05) is 30.3 Å². The fraction of sp³-hybridized carbons (Fsp3) is 0.467. The first kappa shape index (κ1) is 18.5. The number of ether oxygens (including phenoxy) is 1. The van der Waals surface area contributed by atoms with Crippen LogP contribution in [-0.2, 0) is 19.6 Å². The van der Waals surface area contributed by atoms with Crippen LogP contribution in [0.4, 0.5) is 5.69 Å². The zero-order valence-corrected chi connectivity index (χ0v) is 14.8. The van der Waals surface area contributed by atoms with Gasteiger partial charge in [0.2, 0.25) is 10.0 Å². The van der Waals surface area contributed by atoms with Gasteiger partial charge in [-0.3, -0.25) is 13.9 Å². The van der Waals surface area contributed by atoms with E-state index in [2.05, 4.69) is 10.1 Å². The summed E-state index contributed by atoms with van der Waals surface area (Å²) in [6.07, 6.45) is 1.42. The Hall–Kier alpha value is -1.80. The van der Waals surface area contributed by atoms with Crippen molar-refractivity contribution in [3.8, 4) is 0 Å². The third-order valence-electron chi connectivity index (χ3n) is 3.67. The van der Waals surface area contributed by atoms with Gasteiger partial charge in [-0.15, -0.1) is 0 Å².